The third-order valence-corrected chi connectivity index (χ3v) is 9.14. The van der Waals surface area contributed by atoms with Crippen LogP contribution in [0, 0.1) is 11.2 Å². The molecule has 3 aromatic rings. The predicted octanol–water partition coefficient (Wildman–Crippen LogP) is 5.76. The largest absolute Gasteiger partial charge is 0.495 e. The Hall–Kier alpha value is -4.46. The Morgan fingerprint density at radius 1 is 1.11 bits per heavy atom. The lowest BCUT2D eigenvalue weighted by atomic mass is 9.72. The van der Waals surface area contributed by atoms with Crippen molar-refractivity contribution in [3.05, 3.63) is 64.6 Å². The van der Waals surface area contributed by atoms with Crippen molar-refractivity contribution in [2.45, 2.75) is 50.9 Å². The first-order valence-corrected chi connectivity index (χ1v) is 15.0. The van der Waals surface area contributed by atoms with Crippen LogP contribution in [0.2, 0.25) is 0 Å². The summed E-state index contributed by atoms with van der Waals surface area (Å²) in [5.74, 6) is -3.10. The number of nitrogens with one attached hydrogen (secondary N) is 2. The molecule has 2 amide bonds. The van der Waals surface area contributed by atoms with Crippen LogP contribution in [-0.4, -0.2) is 71.9 Å². The van der Waals surface area contributed by atoms with Crippen molar-refractivity contribution in [2.75, 3.05) is 39.6 Å². The summed E-state index contributed by atoms with van der Waals surface area (Å²) in [6.45, 7) is 2.41. The molecule has 2 aliphatic heterocycles. The fourth-order valence-corrected chi connectivity index (χ4v) is 6.68. The second-order valence-electron chi connectivity index (χ2n) is 12.4. The van der Waals surface area contributed by atoms with E-state index in [1.165, 1.54) is 24.1 Å². The Morgan fingerprint density at radius 3 is 2.54 bits per heavy atom. The number of nitrogens with zero attached hydrogens (tertiary/aromatic N) is 4. The number of hydrogen-bond donors (Lipinski definition) is 2. The molecule has 0 radical (unpaired) electrons. The summed E-state index contributed by atoms with van der Waals surface area (Å²) in [6, 6.07) is 6.78. The third kappa shape index (κ3) is 6.17. The van der Waals surface area contributed by atoms with Crippen molar-refractivity contribution in [3.63, 3.8) is 0 Å². The lowest BCUT2D eigenvalue weighted by molar-refractivity contribution is -0.139. The van der Waals surface area contributed by atoms with Crippen LogP contribution in [0.25, 0.3) is 0 Å². The maximum Gasteiger partial charge on any atom is 0.423 e. The molecule has 10 nitrogen and oxygen atoms in total. The molecule has 1 aliphatic carbocycles. The van der Waals surface area contributed by atoms with E-state index >= 15 is 4.39 Å². The molecule has 3 heterocycles. The number of halogens is 4. The highest BCUT2D eigenvalue weighted by molar-refractivity contribution is 6.01. The van der Waals surface area contributed by atoms with Gasteiger partial charge in [0.25, 0.3) is 11.8 Å². The number of aromatic nitrogens is 2. The van der Waals surface area contributed by atoms with E-state index in [1.54, 1.807) is 19.2 Å². The third-order valence-electron chi connectivity index (χ3n) is 9.14. The van der Waals surface area contributed by atoms with Crippen molar-refractivity contribution in [1.29, 1.82) is 0 Å². The molecule has 14 heteroatoms. The number of fused-ring (bicyclic) bond motifs is 1. The van der Waals surface area contributed by atoms with Gasteiger partial charge in [0.05, 0.1) is 23.9 Å². The predicted molar refractivity (Wildman–Crippen MR) is 160 cm³/mol. The van der Waals surface area contributed by atoms with E-state index in [4.69, 9.17) is 9.47 Å². The fraction of sp³-hybridized carbons (Fsp3) is 0.438. The van der Waals surface area contributed by atoms with Gasteiger partial charge in [-0.2, -0.15) is 18.2 Å². The van der Waals surface area contributed by atoms with Crippen LogP contribution in [0.1, 0.15) is 63.9 Å². The molecule has 46 heavy (non-hydrogen) atoms. The number of alkyl halides is 3. The smallest absolute Gasteiger partial charge is 0.423 e. The molecule has 2 N–H and O–H groups in total. The first-order valence-electron chi connectivity index (χ1n) is 15.0. The minimum absolute atomic E-state index is 0.0235. The van der Waals surface area contributed by atoms with Crippen molar-refractivity contribution >= 4 is 23.5 Å². The SMILES string of the molecule is COc1cc(C(=O)NC2CCC3(CC2)CCN(C)C3)c(F)cc1Nc1ncc(C(F)(F)F)c(Oc2cccc3c2C(=O)N(C)C3)n1. The van der Waals surface area contributed by atoms with Crippen LogP contribution in [0.4, 0.5) is 29.2 Å². The Morgan fingerprint density at radius 2 is 1.87 bits per heavy atom. The van der Waals surface area contributed by atoms with Gasteiger partial charge in [-0.25, -0.2) is 9.37 Å². The average molecular weight is 643 g/mol. The summed E-state index contributed by atoms with van der Waals surface area (Å²) in [7, 11) is 5.00. The first kappa shape index (κ1) is 31.5. The fourth-order valence-electron chi connectivity index (χ4n) is 6.68. The zero-order valence-corrected chi connectivity index (χ0v) is 25.6. The molecule has 1 spiro atoms. The van der Waals surface area contributed by atoms with Gasteiger partial charge in [0.1, 0.15) is 22.9 Å². The highest BCUT2D eigenvalue weighted by Gasteiger charge is 2.40. The molecular formula is C32H34F4N6O4. The van der Waals surface area contributed by atoms with Crippen LogP contribution in [0.15, 0.2) is 36.5 Å². The van der Waals surface area contributed by atoms with E-state index in [0.717, 1.165) is 51.3 Å². The van der Waals surface area contributed by atoms with Gasteiger partial charge in [0.15, 0.2) is 0 Å². The summed E-state index contributed by atoms with van der Waals surface area (Å²) >= 11 is 0. The van der Waals surface area contributed by atoms with Crippen molar-refractivity contribution in [2.24, 2.45) is 5.41 Å². The van der Waals surface area contributed by atoms with Gasteiger partial charge in [-0.05, 0) is 68.8 Å². The molecule has 0 unspecified atom stereocenters. The number of benzene rings is 2. The van der Waals surface area contributed by atoms with Crippen LogP contribution < -0.4 is 20.1 Å². The molecule has 2 aromatic carbocycles. The standard InChI is InChI=1S/C32H34F4N6O4/c1-41-12-11-31(17-41)9-7-19(8-10-31)38-27(43)20-13-25(45-3)23(14-22(20)33)39-30-37-15-21(32(34,35)36)28(40-30)46-24-6-4-5-18-16-42(2)29(44)26(18)24/h4-6,13-15,19H,7-12,16-17H2,1-3H3,(H,38,43)(H,37,39,40). The van der Waals surface area contributed by atoms with Crippen LogP contribution in [0.3, 0.4) is 0 Å². The number of carbonyl (C=O) groups excluding carboxylic acids is 2. The Bertz CT molecular complexity index is 1670. The Balaban J connectivity index is 1.21. The zero-order chi connectivity index (χ0) is 32.8. The lowest BCUT2D eigenvalue weighted by Gasteiger charge is -2.37. The number of ether oxygens (including phenoxy) is 2. The summed E-state index contributed by atoms with van der Waals surface area (Å²) in [6.07, 6.45) is 0.411. The Labute approximate surface area is 263 Å². The van der Waals surface area contributed by atoms with Crippen LogP contribution in [-0.2, 0) is 12.7 Å². The number of hydrogen-bond acceptors (Lipinski definition) is 8. The minimum atomic E-state index is -4.88. The minimum Gasteiger partial charge on any atom is -0.495 e. The van der Waals surface area contributed by atoms with Crippen LogP contribution in [0.5, 0.6) is 17.4 Å². The summed E-state index contributed by atoms with van der Waals surface area (Å²) in [4.78, 5) is 37.2. The molecule has 2 fully saturated rings. The van der Waals surface area contributed by atoms with E-state index < -0.39 is 35.3 Å². The van der Waals surface area contributed by atoms with Crippen molar-refractivity contribution in [1.82, 2.24) is 25.1 Å². The summed E-state index contributed by atoms with van der Waals surface area (Å²) in [5.41, 5.74) is -0.490. The molecule has 1 saturated heterocycles. The molecule has 244 valence electrons. The van der Waals surface area contributed by atoms with Crippen LogP contribution >= 0.6 is 0 Å². The zero-order valence-electron chi connectivity index (χ0n) is 25.6. The first-order chi connectivity index (χ1) is 21.9. The van der Waals surface area contributed by atoms with Gasteiger partial charge in [-0.15, -0.1) is 0 Å². The average Bonchev–Trinajstić information content (AvgIpc) is 3.51. The number of anilines is 2. The number of rotatable bonds is 7. The molecule has 0 atom stereocenters. The van der Waals surface area contributed by atoms with Gasteiger partial charge < -0.3 is 29.9 Å². The molecular weight excluding hydrogens is 608 g/mol. The van der Waals surface area contributed by atoms with E-state index in [9.17, 15) is 22.8 Å². The van der Waals surface area contributed by atoms with E-state index in [1.807, 2.05) is 0 Å². The molecule has 0 bridgehead atoms. The highest BCUT2D eigenvalue weighted by atomic mass is 19.4. The maximum absolute atomic E-state index is 15.3. The number of amides is 2. The van der Waals surface area contributed by atoms with Gasteiger partial charge >= 0.3 is 6.18 Å². The quantitative estimate of drug-likeness (QED) is 0.314. The lowest BCUT2D eigenvalue weighted by Crippen LogP contribution is -2.41. The number of likely N-dealkylation sites (tertiary alicyclic amines) is 1. The topological polar surface area (TPSA) is 109 Å². The van der Waals surface area contributed by atoms with Crippen molar-refractivity contribution < 1.29 is 36.6 Å². The highest BCUT2D eigenvalue weighted by Crippen LogP contribution is 2.44. The normalized spacial score (nSPS) is 21.4. The van der Waals surface area contributed by atoms with Gasteiger partial charge in [-0.3, -0.25) is 9.59 Å². The van der Waals surface area contributed by atoms with Gasteiger partial charge in [0.2, 0.25) is 11.8 Å². The number of methoxy groups -OCH3 is 1. The second-order valence-corrected chi connectivity index (χ2v) is 12.4. The maximum atomic E-state index is 15.3. The molecule has 6 rings (SSSR count). The molecule has 1 aromatic heterocycles. The van der Waals surface area contributed by atoms with Gasteiger partial charge in [-0.1, -0.05) is 12.1 Å². The van der Waals surface area contributed by atoms with E-state index in [0.29, 0.717) is 11.8 Å². The number of carbonyl (C=O) groups is 2. The summed E-state index contributed by atoms with van der Waals surface area (Å²) < 4.78 is 68.0. The van der Waals surface area contributed by atoms with Gasteiger partial charge in [0, 0.05) is 38.4 Å². The van der Waals surface area contributed by atoms with Crippen molar-refractivity contribution in [3.8, 4) is 17.4 Å². The molecule has 3 aliphatic rings. The Kier molecular flexibility index (Phi) is 8.25. The monoisotopic (exact) mass is 642 g/mol. The molecule has 1 saturated carbocycles. The van der Waals surface area contributed by atoms with E-state index in [2.05, 4.69) is 32.5 Å². The summed E-state index contributed by atoms with van der Waals surface area (Å²) in [5, 5.41) is 5.62. The second kappa shape index (κ2) is 12.0. The van der Waals surface area contributed by atoms with E-state index in [-0.39, 0.29) is 52.3 Å².